The molecule has 2 amide bonds. The first-order valence-corrected chi connectivity index (χ1v) is 10.8. The predicted octanol–water partition coefficient (Wildman–Crippen LogP) is 2.78. The van der Waals surface area contributed by atoms with Crippen LogP contribution in [0, 0.1) is 6.92 Å². The zero-order valence-corrected chi connectivity index (χ0v) is 17.8. The van der Waals surface area contributed by atoms with Gasteiger partial charge >= 0.3 is 0 Å². The maximum Gasteiger partial charge on any atom is 0.253 e. The van der Waals surface area contributed by atoms with Gasteiger partial charge in [0.25, 0.3) is 5.91 Å². The average Bonchev–Trinajstić information content (AvgIpc) is 3.14. The summed E-state index contributed by atoms with van der Waals surface area (Å²) in [6.07, 6.45) is 1.80. The van der Waals surface area contributed by atoms with Crippen LogP contribution in [0.4, 0.5) is 0 Å². The van der Waals surface area contributed by atoms with Gasteiger partial charge in [-0.1, -0.05) is 12.1 Å². The van der Waals surface area contributed by atoms with Crippen LogP contribution in [0.25, 0.3) is 16.7 Å². The number of nitrogens with zero attached hydrogens (tertiary/aromatic N) is 4. The Bertz CT molecular complexity index is 1070. The van der Waals surface area contributed by atoms with Crippen LogP contribution in [0.2, 0.25) is 0 Å². The van der Waals surface area contributed by atoms with E-state index in [4.69, 9.17) is 5.11 Å². The number of piperazine rings is 1. The molecule has 4 rings (SSSR count). The summed E-state index contributed by atoms with van der Waals surface area (Å²) in [6, 6.07) is 15.6. The molecule has 0 bridgehead atoms. The summed E-state index contributed by atoms with van der Waals surface area (Å²) in [7, 11) is 0. The number of amides is 2. The topological polar surface area (TPSA) is 78.7 Å². The highest BCUT2D eigenvalue weighted by atomic mass is 16.3. The number of carbonyl (C=O) groups excluding carboxylic acids is 2. The highest BCUT2D eigenvalue weighted by Gasteiger charge is 2.24. The van der Waals surface area contributed by atoms with Crippen molar-refractivity contribution in [1.82, 2.24) is 19.4 Å². The van der Waals surface area contributed by atoms with E-state index in [1.165, 1.54) is 0 Å². The van der Waals surface area contributed by atoms with Crippen molar-refractivity contribution in [3.05, 3.63) is 59.9 Å². The number of aromatic nitrogens is 2. The lowest BCUT2D eigenvalue weighted by molar-refractivity contribution is -0.132. The molecule has 0 radical (unpaired) electrons. The van der Waals surface area contributed by atoms with E-state index >= 15 is 0 Å². The van der Waals surface area contributed by atoms with Crippen LogP contribution < -0.4 is 0 Å². The third-order valence-electron chi connectivity index (χ3n) is 5.82. The Labute approximate surface area is 181 Å². The number of carbonyl (C=O) groups is 2. The molecule has 0 atom stereocenters. The number of hydrogen-bond acceptors (Lipinski definition) is 4. The van der Waals surface area contributed by atoms with E-state index in [1.807, 2.05) is 65.3 Å². The summed E-state index contributed by atoms with van der Waals surface area (Å²) in [5.74, 6) is 0.999. The Morgan fingerprint density at radius 2 is 1.61 bits per heavy atom. The number of benzene rings is 2. The summed E-state index contributed by atoms with van der Waals surface area (Å²) < 4.78 is 2.09. The molecule has 3 aromatic rings. The molecular weight excluding hydrogens is 392 g/mol. The number of para-hydroxylation sites is 2. The molecule has 2 heterocycles. The molecule has 1 aromatic heterocycles. The van der Waals surface area contributed by atoms with E-state index in [1.54, 1.807) is 0 Å². The summed E-state index contributed by atoms with van der Waals surface area (Å²) >= 11 is 0. The van der Waals surface area contributed by atoms with Crippen LogP contribution in [0.3, 0.4) is 0 Å². The van der Waals surface area contributed by atoms with Crippen LogP contribution in [-0.4, -0.2) is 69.1 Å². The molecule has 0 spiro atoms. The number of hydrogen-bond donors (Lipinski definition) is 1. The van der Waals surface area contributed by atoms with Crippen LogP contribution in [0.5, 0.6) is 0 Å². The molecule has 1 fully saturated rings. The molecule has 0 aliphatic carbocycles. The van der Waals surface area contributed by atoms with E-state index in [9.17, 15) is 9.59 Å². The summed E-state index contributed by atoms with van der Waals surface area (Å²) in [6.45, 7) is 4.29. The van der Waals surface area contributed by atoms with Gasteiger partial charge in [-0.2, -0.15) is 0 Å². The normalized spacial score (nSPS) is 14.3. The van der Waals surface area contributed by atoms with Crippen LogP contribution in [0.15, 0.2) is 48.5 Å². The van der Waals surface area contributed by atoms with Crippen molar-refractivity contribution in [2.24, 2.45) is 0 Å². The molecule has 7 nitrogen and oxygen atoms in total. The Balaban J connectivity index is 1.40. The molecule has 1 saturated heterocycles. The first-order valence-electron chi connectivity index (χ1n) is 10.8. The number of aliphatic hydroxyl groups is 1. The number of rotatable bonds is 6. The van der Waals surface area contributed by atoms with Gasteiger partial charge in [0.2, 0.25) is 5.91 Å². The Morgan fingerprint density at radius 1 is 0.935 bits per heavy atom. The lowest BCUT2D eigenvalue weighted by atomic mass is 10.1. The van der Waals surface area contributed by atoms with Crippen molar-refractivity contribution < 1.29 is 14.7 Å². The van der Waals surface area contributed by atoms with Crippen molar-refractivity contribution in [3.63, 3.8) is 0 Å². The van der Waals surface area contributed by atoms with Gasteiger partial charge in [0.15, 0.2) is 0 Å². The van der Waals surface area contributed by atoms with Gasteiger partial charge < -0.3 is 14.9 Å². The zero-order chi connectivity index (χ0) is 21.8. The maximum absolute atomic E-state index is 12.9. The number of imidazole rings is 1. The first-order chi connectivity index (χ1) is 15.1. The number of aliphatic hydroxyl groups excluding tert-OH is 1. The largest absolute Gasteiger partial charge is 0.396 e. The van der Waals surface area contributed by atoms with E-state index in [0.29, 0.717) is 51.0 Å². The van der Waals surface area contributed by atoms with Crippen molar-refractivity contribution in [1.29, 1.82) is 0 Å². The molecule has 1 aliphatic heterocycles. The van der Waals surface area contributed by atoms with E-state index in [-0.39, 0.29) is 18.4 Å². The summed E-state index contributed by atoms with van der Waals surface area (Å²) in [5.41, 5.74) is 3.61. The van der Waals surface area contributed by atoms with Crippen molar-refractivity contribution in [2.45, 2.75) is 26.2 Å². The van der Waals surface area contributed by atoms with Gasteiger partial charge in [-0.15, -0.1) is 0 Å². The van der Waals surface area contributed by atoms with Crippen LogP contribution in [-0.2, 0) is 4.79 Å². The van der Waals surface area contributed by atoms with Crippen molar-refractivity contribution in [3.8, 4) is 5.69 Å². The molecule has 7 heteroatoms. The molecule has 0 unspecified atom stereocenters. The van der Waals surface area contributed by atoms with Crippen molar-refractivity contribution >= 4 is 22.8 Å². The first kappa shape index (κ1) is 21.1. The molecule has 31 heavy (non-hydrogen) atoms. The average molecular weight is 421 g/mol. The Hall–Kier alpha value is -3.19. The quantitative estimate of drug-likeness (QED) is 0.622. The van der Waals surface area contributed by atoms with Crippen molar-refractivity contribution in [2.75, 3.05) is 32.8 Å². The zero-order valence-electron chi connectivity index (χ0n) is 17.8. The van der Waals surface area contributed by atoms with E-state index < -0.39 is 0 Å². The minimum Gasteiger partial charge on any atom is -0.396 e. The van der Waals surface area contributed by atoms with E-state index in [0.717, 1.165) is 22.5 Å². The summed E-state index contributed by atoms with van der Waals surface area (Å²) in [4.78, 5) is 33.4. The minimum atomic E-state index is -0.00820. The maximum atomic E-state index is 12.9. The monoisotopic (exact) mass is 420 g/mol. The highest BCUT2D eigenvalue weighted by Crippen LogP contribution is 2.22. The van der Waals surface area contributed by atoms with Gasteiger partial charge in [-0.05, 0) is 56.2 Å². The second kappa shape index (κ2) is 9.31. The third-order valence-corrected chi connectivity index (χ3v) is 5.82. The number of aryl methyl sites for hydroxylation is 1. The summed E-state index contributed by atoms with van der Waals surface area (Å²) in [5, 5.41) is 8.85. The Morgan fingerprint density at radius 3 is 2.32 bits per heavy atom. The Kier molecular flexibility index (Phi) is 6.32. The molecule has 1 N–H and O–H groups in total. The van der Waals surface area contributed by atoms with Gasteiger partial charge in [-0.3, -0.25) is 14.2 Å². The van der Waals surface area contributed by atoms with Gasteiger partial charge in [0.1, 0.15) is 5.82 Å². The smallest absolute Gasteiger partial charge is 0.253 e. The number of fused-ring (bicyclic) bond motifs is 1. The van der Waals surface area contributed by atoms with Gasteiger partial charge in [0, 0.05) is 50.5 Å². The molecule has 162 valence electrons. The second-order valence-electron chi connectivity index (χ2n) is 7.88. The fraction of sp³-hybridized carbons (Fsp3) is 0.375. The second-order valence-corrected chi connectivity index (χ2v) is 7.88. The molecule has 2 aromatic carbocycles. The highest BCUT2D eigenvalue weighted by molar-refractivity contribution is 5.94. The van der Waals surface area contributed by atoms with E-state index in [2.05, 4.69) is 9.55 Å². The lowest BCUT2D eigenvalue weighted by Crippen LogP contribution is -2.50. The standard InChI is InChI=1S/C24H28N4O3/c1-18-25-21-6-2-3-7-22(21)28(18)20-11-9-19(10-12-20)24(31)27-15-13-26(14-16-27)23(30)8-4-5-17-29/h2-3,6-7,9-12,29H,4-5,8,13-17H2,1H3. The van der Waals surface area contributed by atoms with Gasteiger partial charge in [-0.25, -0.2) is 4.98 Å². The lowest BCUT2D eigenvalue weighted by Gasteiger charge is -2.35. The molecule has 1 aliphatic rings. The molecular formula is C24H28N4O3. The fourth-order valence-electron chi connectivity index (χ4n) is 4.11. The predicted molar refractivity (Wildman–Crippen MR) is 119 cm³/mol. The van der Waals surface area contributed by atoms with Gasteiger partial charge in [0.05, 0.1) is 11.0 Å². The number of unbranched alkanes of at least 4 members (excludes halogenated alkanes) is 1. The molecule has 0 saturated carbocycles. The fourth-order valence-corrected chi connectivity index (χ4v) is 4.11. The minimum absolute atomic E-state index is 0.00820. The SMILES string of the molecule is Cc1nc2ccccc2n1-c1ccc(C(=O)N2CCN(C(=O)CCCCO)CC2)cc1. The van der Waals surface area contributed by atoms with Crippen LogP contribution in [0.1, 0.15) is 35.4 Å². The van der Waals surface area contributed by atoms with Crippen LogP contribution >= 0.6 is 0 Å². The third kappa shape index (κ3) is 4.46.